The fourth-order valence-corrected chi connectivity index (χ4v) is 4.69. The fraction of sp³-hybridized carbons (Fsp3) is 0.417. The first-order valence-electron chi connectivity index (χ1n) is 5.77. The third-order valence-electron chi connectivity index (χ3n) is 3.02. The number of para-hydroxylation sites is 1. The molecule has 3 rings (SSSR count). The number of rotatable bonds is 3. The minimum absolute atomic E-state index is 0.544. The van der Waals surface area contributed by atoms with Crippen molar-refractivity contribution in [3.05, 3.63) is 24.3 Å². The molecule has 0 saturated carbocycles. The van der Waals surface area contributed by atoms with E-state index in [9.17, 15) is 4.21 Å². The van der Waals surface area contributed by atoms with Gasteiger partial charge in [0.15, 0.2) is 4.34 Å². The second kappa shape index (κ2) is 4.84. The number of hydrogen-bond donors (Lipinski definition) is 1. The van der Waals surface area contributed by atoms with E-state index in [-0.39, 0.29) is 0 Å². The normalized spacial score (nSPS) is 22.0. The Balaban J connectivity index is 1.80. The summed E-state index contributed by atoms with van der Waals surface area (Å²) in [5, 5.41) is 3.30. The van der Waals surface area contributed by atoms with Crippen molar-refractivity contribution in [2.45, 2.75) is 10.8 Å². The van der Waals surface area contributed by atoms with Crippen molar-refractivity contribution in [1.82, 2.24) is 10.3 Å². The van der Waals surface area contributed by atoms with Crippen molar-refractivity contribution < 1.29 is 4.21 Å². The number of aromatic nitrogens is 1. The topological polar surface area (TPSA) is 42.0 Å². The Hall–Kier alpha value is -0.780. The SMILES string of the molecule is O=[S@@](C[C@@H]1CCNC1)c1nc2ccccc2s1. The molecule has 0 unspecified atom stereocenters. The number of thiazole rings is 1. The van der Waals surface area contributed by atoms with Crippen molar-refractivity contribution in [2.75, 3.05) is 18.8 Å². The second-order valence-corrected chi connectivity index (χ2v) is 7.02. The number of nitrogens with one attached hydrogen (secondary N) is 1. The Morgan fingerprint density at radius 1 is 1.47 bits per heavy atom. The van der Waals surface area contributed by atoms with E-state index in [1.807, 2.05) is 24.3 Å². The molecule has 0 spiro atoms. The highest BCUT2D eigenvalue weighted by atomic mass is 32.2. The summed E-state index contributed by atoms with van der Waals surface area (Å²) in [4.78, 5) is 4.45. The molecule has 2 heterocycles. The van der Waals surface area contributed by atoms with E-state index >= 15 is 0 Å². The van der Waals surface area contributed by atoms with Gasteiger partial charge < -0.3 is 5.32 Å². The van der Waals surface area contributed by atoms with Crippen LogP contribution in [0.1, 0.15) is 6.42 Å². The lowest BCUT2D eigenvalue weighted by Crippen LogP contribution is -2.14. The van der Waals surface area contributed by atoms with Crippen molar-refractivity contribution >= 4 is 32.4 Å². The summed E-state index contributed by atoms with van der Waals surface area (Å²) in [6.45, 7) is 2.05. The van der Waals surface area contributed by atoms with E-state index in [0.717, 1.165) is 39.8 Å². The third-order valence-corrected chi connectivity index (χ3v) is 5.91. The third kappa shape index (κ3) is 2.41. The summed E-state index contributed by atoms with van der Waals surface area (Å²) < 4.78 is 14.1. The van der Waals surface area contributed by atoms with Gasteiger partial charge in [0, 0.05) is 5.75 Å². The van der Waals surface area contributed by atoms with Crippen LogP contribution in [0.3, 0.4) is 0 Å². The van der Waals surface area contributed by atoms with Crippen LogP contribution in [0, 0.1) is 5.92 Å². The van der Waals surface area contributed by atoms with Crippen LogP contribution < -0.4 is 5.32 Å². The van der Waals surface area contributed by atoms with E-state index in [2.05, 4.69) is 10.3 Å². The van der Waals surface area contributed by atoms with Crippen molar-refractivity contribution in [3.63, 3.8) is 0 Å². The van der Waals surface area contributed by atoms with Gasteiger partial charge in [-0.25, -0.2) is 4.98 Å². The second-order valence-electron chi connectivity index (χ2n) is 4.32. The van der Waals surface area contributed by atoms with Gasteiger partial charge in [-0.2, -0.15) is 0 Å². The molecule has 3 nitrogen and oxygen atoms in total. The quantitative estimate of drug-likeness (QED) is 0.924. The van der Waals surface area contributed by atoms with Crippen LogP contribution in [0.25, 0.3) is 10.2 Å². The number of nitrogens with zero attached hydrogens (tertiary/aromatic N) is 1. The van der Waals surface area contributed by atoms with Crippen LogP contribution in [0.2, 0.25) is 0 Å². The van der Waals surface area contributed by atoms with Crippen molar-refractivity contribution in [1.29, 1.82) is 0 Å². The van der Waals surface area contributed by atoms with E-state index in [0.29, 0.717) is 5.92 Å². The molecule has 1 aromatic carbocycles. The van der Waals surface area contributed by atoms with Gasteiger partial charge in [0.1, 0.15) is 0 Å². The van der Waals surface area contributed by atoms with Gasteiger partial charge >= 0.3 is 0 Å². The Morgan fingerprint density at radius 3 is 3.12 bits per heavy atom. The van der Waals surface area contributed by atoms with Gasteiger partial charge in [0.2, 0.25) is 0 Å². The number of benzene rings is 1. The standard InChI is InChI=1S/C12H14N2OS2/c15-17(8-9-5-6-13-7-9)12-14-10-3-1-2-4-11(10)16-12/h1-4,9,13H,5-8H2/t9-,17+/m1/s1. The highest BCUT2D eigenvalue weighted by Gasteiger charge is 2.20. The number of fused-ring (bicyclic) bond motifs is 1. The molecule has 17 heavy (non-hydrogen) atoms. The summed E-state index contributed by atoms with van der Waals surface area (Å²) in [6.07, 6.45) is 1.14. The van der Waals surface area contributed by atoms with Gasteiger partial charge in [-0.1, -0.05) is 12.1 Å². The van der Waals surface area contributed by atoms with E-state index in [4.69, 9.17) is 0 Å². The molecule has 5 heteroatoms. The molecule has 1 aliphatic heterocycles. The van der Waals surface area contributed by atoms with Gasteiger partial charge in [-0.05, 0) is 37.6 Å². The lowest BCUT2D eigenvalue weighted by molar-refractivity contribution is 0.632. The maximum absolute atomic E-state index is 12.2. The van der Waals surface area contributed by atoms with E-state index in [1.54, 1.807) is 11.3 Å². The zero-order chi connectivity index (χ0) is 11.7. The van der Waals surface area contributed by atoms with Crippen LogP contribution >= 0.6 is 11.3 Å². The fourth-order valence-electron chi connectivity index (χ4n) is 2.09. The summed E-state index contributed by atoms with van der Waals surface area (Å²) >= 11 is 1.56. The highest BCUT2D eigenvalue weighted by Crippen LogP contribution is 2.25. The monoisotopic (exact) mass is 266 g/mol. The molecule has 0 bridgehead atoms. The summed E-state index contributed by atoms with van der Waals surface area (Å²) in [5.41, 5.74) is 0.963. The first kappa shape index (κ1) is 11.3. The summed E-state index contributed by atoms with van der Waals surface area (Å²) in [7, 11) is -0.938. The first-order valence-corrected chi connectivity index (χ1v) is 7.91. The lowest BCUT2D eigenvalue weighted by Gasteiger charge is -2.04. The van der Waals surface area contributed by atoms with Gasteiger partial charge in [0.05, 0.1) is 21.0 Å². The summed E-state index contributed by atoms with van der Waals surface area (Å²) in [5.74, 6) is 1.29. The Labute approximate surface area is 107 Å². The van der Waals surface area contributed by atoms with E-state index in [1.165, 1.54) is 0 Å². The molecule has 0 radical (unpaired) electrons. The molecule has 1 aliphatic rings. The Kier molecular flexibility index (Phi) is 3.22. The number of hydrogen-bond acceptors (Lipinski definition) is 4. The molecule has 2 atom stereocenters. The molecule has 2 aromatic rings. The minimum Gasteiger partial charge on any atom is -0.316 e. The molecular formula is C12H14N2OS2. The summed E-state index contributed by atoms with van der Waals surface area (Å²) in [6, 6.07) is 7.97. The van der Waals surface area contributed by atoms with Gasteiger partial charge in [-0.3, -0.25) is 4.21 Å². The van der Waals surface area contributed by atoms with E-state index < -0.39 is 10.8 Å². The molecule has 1 saturated heterocycles. The predicted molar refractivity (Wildman–Crippen MR) is 71.9 cm³/mol. The average Bonchev–Trinajstić information content (AvgIpc) is 2.96. The van der Waals surface area contributed by atoms with Crippen LogP contribution in [-0.2, 0) is 10.8 Å². The maximum atomic E-state index is 12.2. The lowest BCUT2D eigenvalue weighted by atomic mass is 10.2. The molecule has 1 aromatic heterocycles. The minimum atomic E-state index is -0.938. The maximum Gasteiger partial charge on any atom is 0.181 e. The molecule has 90 valence electrons. The zero-order valence-electron chi connectivity index (χ0n) is 9.39. The first-order chi connectivity index (χ1) is 8.33. The van der Waals surface area contributed by atoms with Crippen LogP contribution in [-0.4, -0.2) is 28.0 Å². The molecule has 0 amide bonds. The average molecular weight is 266 g/mol. The van der Waals surface area contributed by atoms with Gasteiger partial charge in [0.25, 0.3) is 0 Å². The smallest absolute Gasteiger partial charge is 0.181 e. The molecule has 1 fully saturated rings. The van der Waals surface area contributed by atoms with Crippen LogP contribution in [0.5, 0.6) is 0 Å². The molecular weight excluding hydrogens is 252 g/mol. The van der Waals surface area contributed by atoms with Crippen molar-refractivity contribution in [3.8, 4) is 0 Å². The molecule has 0 aliphatic carbocycles. The predicted octanol–water partition coefficient (Wildman–Crippen LogP) is 2.01. The zero-order valence-corrected chi connectivity index (χ0v) is 11.0. The van der Waals surface area contributed by atoms with Crippen LogP contribution in [0.15, 0.2) is 28.6 Å². The van der Waals surface area contributed by atoms with Gasteiger partial charge in [-0.15, -0.1) is 11.3 Å². The Bertz CT molecular complexity index is 513. The largest absolute Gasteiger partial charge is 0.316 e. The Morgan fingerprint density at radius 2 is 2.35 bits per heavy atom. The molecule has 1 N–H and O–H groups in total. The van der Waals surface area contributed by atoms with Crippen molar-refractivity contribution in [2.24, 2.45) is 5.92 Å². The highest BCUT2D eigenvalue weighted by molar-refractivity contribution is 7.87. The van der Waals surface area contributed by atoms with Crippen LogP contribution in [0.4, 0.5) is 0 Å².